The molecule has 2 bridgehead atoms. The molecule has 2 aliphatic rings. The van der Waals surface area contributed by atoms with Crippen molar-refractivity contribution in [3.63, 3.8) is 0 Å². The van der Waals surface area contributed by atoms with Crippen molar-refractivity contribution in [1.82, 2.24) is 24.0 Å². The topological polar surface area (TPSA) is 99.0 Å². The van der Waals surface area contributed by atoms with Gasteiger partial charge in [0.25, 0.3) is 5.91 Å². The van der Waals surface area contributed by atoms with Crippen molar-refractivity contribution in [2.45, 2.75) is 44.4 Å². The monoisotopic (exact) mass is 390 g/mol. The summed E-state index contributed by atoms with van der Waals surface area (Å²) in [4.78, 5) is 35.8. The molecule has 5 rings (SSSR count). The van der Waals surface area contributed by atoms with Gasteiger partial charge in [-0.3, -0.25) is 9.59 Å². The quantitative estimate of drug-likeness (QED) is 0.729. The summed E-state index contributed by atoms with van der Waals surface area (Å²) in [6, 6.07) is 9.93. The molecule has 148 valence electrons. The zero-order valence-corrected chi connectivity index (χ0v) is 15.9. The van der Waals surface area contributed by atoms with Gasteiger partial charge in [-0.25, -0.2) is 9.97 Å². The van der Waals surface area contributed by atoms with Gasteiger partial charge in [0, 0.05) is 37.0 Å². The van der Waals surface area contributed by atoms with Crippen LogP contribution in [0.15, 0.2) is 49.1 Å². The van der Waals surface area contributed by atoms with Crippen LogP contribution in [0.25, 0.3) is 11.4 Å². The predicted octanol–water partition coefficient (Wildman–Crippen LogP) is 1.46. The van der Waals surface area contributed by atoms with Crippen LogP contribution >= 0.6 is 0 Å². The van der Waals surface area contributed by atoms with E-state index in [-0.39, 0.29) is 24.5 Å². The third-order valence-corrected chi connectivity index (χ3v) is 5.95. The van der Waals surface area contributed by atoms with E-state index in [1.54, 1.807) is 23.3 Å². The Morgan fingerprint density at radius 1 is 1.14 bits per heavy atom. The lowest BCUT2D eigenvalue weighted by Crippen LogP contribution is -2.43. The van der Waals surface area contributed by atoms with E-state index in [1.807, 2.05) is 35.2 Å². The van der Waals surface area contributed by atoms with Gasteiger partial charge in [-0.2, -0.15) is 0 Å². The molecule has 0 unspecified atom stereocenters. The molecule has 1 saturated heterocycles. The molecular formula is C21H22N6O2. The number of amides is 2. The second-order valence-electron chi connectivity index (χ2n) is 7.70. The standard InChI is InChI=1S/C21H22N6O2/c22-20(29)19-17-10-15-6-7-16(27(15)18(28)12-25-9-8-23-13-25)11-26(17)21(24-19)14-4-2-1-3-5-14/h1-5,8-9,13,15-16H,6-7,10-12H2,(H2,22,29)/t15-,16+/m0/s1. The fourth-order valence-electron chi connectivity index (χ4n) is 4.69. The van der Waals surface area contributed by atoms with Crippen molar-refractivity contribution in [1.29, 1.82) is 0 Å². The van der Waals surface area contributed by atoms with Crippen LogP contribution in [0.3, 0.4) is 0 Å². The Balaban J connectivity index is 1.53. The normalized spacial score (nSPS) is 20.3. The number of hydrogen-bond acceptors (Lipinski definition) is 4. The highest BCUT2D eigenvalue weighted by molar-refractivity contribution is 5.93. The van der Waals surface area contributed by atoms with E-state index >= 15 is 0 Å². The molecule has 3 aromatic rings. The molecule has 1 fully saturated rings. The minimum Gasteiger partial charge on any atom is -0.364 e. The van der Waals surface area contributed by atoms with Crippen molar-refractivity contribution in [3.8, 4) is 11.4 Å². The van der Waals surface area contributed by atoms with Crippen molar-refractivity contribution < 1.29 is 9.59 Å². The Kier molecular flexibility index (Phi) is 4.19. The van der Waals surface area contributed by atoms with E-state index in [4.69, 9.17) is 5.73 Å². The minimum absolute atomic E-state index is 0.0516. The van der Waals surface area contributed by atoms with Gasteiger partial charge in [-0.15, -0.1) is 0 Å². The van der Waals surface area contributed by atoms with Crippen LogP contribution in [0.4, 0.5) is 0 Å². The molecule has 0 spiro atoms. The average molecular weight is 390 g/mol. The van der Waals surface area contributed by atoms with Crippen LogP contribution in [0, 0.1) is 0 Å². The Morgan fingerprint density at radius 3 is 2.66 bits per heavy atom. The highest BCUT2D eigenvalue weighted by Gasteiger charge is 2.41. The lowest BCUT2D eigenvalue weighted by atomic mass is 10.1. The average Bonchev–Trinajstić information content (AvgIpc) is 3.40. The van der Waals surface area contributed by atoms with Crippen molar-refractivity contribution >= 4 is 11.8 Å². The van der Waals surface area contributed by atoms with Gasteiger partial charge in [0.05, 0.1) is 18.1 Å². The summed E-state index contributed by atoms with van der Waals surface area (Å²) in [6.07, 6.45) is 7.58. The molecule has 8 nitrogen and oxygen atoms in total. The van der Waals surface area contributed by atoms with E-state index in [9.17, 15) is 9.59 Å². The third-order valence-electron chi connectivity index (χ3n) is 5.95. The Morgan fingerprint density at radius 2 is 1.93 bits per heavy atom. The smallest absolute Gasteiger partial charge is 0.269 e. The predicted molar refractivity (Wildman–Crippen MR) is 106 cm³/mol. The molecule has 2 amide bonds. The summed E-state index contributed by atoms with van der Waals surface area (Å²) in [6.45, 7) is 0.889. The Labute approximate surface area is 168 Å². The van der Waals surface area contributed by atoms with Gasteiger partial charge in [0.1, 0.15) is 18.1 Å². The molecule has 29 heavy (non-hydrogen) atoms. The van der Waals surface area contributed by atoms with Crippen LogP contribution < -0.4 is 5.73 Å². The molecule has 2 N–H and O–H groups in total. The maximum Gasteiger partial charge on any atom is 0.269 e. The summed E-state index contributed by atoms with van der Waals surface area (Å²) in [7, 11) is 0. The first-order valence-electron chi connectivity index (χ1n) is 9.83. The van der Waals surface area contributed by atoms with Gasteiger partial charge >= 0.3 is 0 Å². The van der Waals surface area contributed by atoms with E-state index in [0.717, 1.165) is 29.9 Å². The van der Waals surface area contributed by atoms with E-state index < -0.39 is 5.91 Å². The molecule has 8 heteroatoms. The highest BCUT2D eigenvalue weighted by atomic mass is 16.2. The molecule has 4 heterocycles. The molecule has 0 aliphatic carbocycles. The number of benzene rings is 1. The number of nitrogens with two attached hydrogens (primary N) is 1. The van der Waals surface area contributed by atoms with Crippen molar-refractivity contribution in [2.24, 2.45) is 5.73 Å². The summed E-state index contributed by atoms with van der Waals surface area (Å²) in [5, 5.41) is 0. The van der Waals surface area contributed by atoms with E-state index in [1.165, 1.54) is 0 Å². The lowest BCUT2D eigenvalue weighted by Gasteiger charge is -2.28. The van der Waals surface area contributed by atoms with Crippen molar-refractivity contribution in [2.75, 3.05) is 0 Å². The third kappa shape index (κ3) is 3.00. The zero-order chi connectivity index (χ0) is 20.0. The molecule has 1 aromatic carbocycles. The second kappa shape index (κ2) is 6.88. The number of aromatic nitrogens is 4. The van der Waals surface area contributed by atoms with Crippen LogP contribution in [0.5, 0.6) is 0 Å². The number of carbonyl (C=O) groups excluding carboxylic acids is 2. The maximum atomic E-state index is 13.1. The number of carbonyl (C=O) groups is 2. The maximum absolute atomic E-state index is 13.1. The number of imidazole rings is 2. The first-order chi connectivity index (χ1) is 14.1. The SMILES string of the molecule is NC(=O)c1nc(-c2ccccc2)n2c1C[C@@H]1CC[C@H](C2)N1C(=O)Cn1ccnc1. The zero-order valence-electron chi connectivity index (χ0n) is 15.9. The number of hydrogen-bond donors (Lipinski definition) is 1. The van der Waals surface area contributed by atoms with Crippen LogP contribution in [-0.2, 0) is 24.3 Å². The van der Waals surface area contributed by atoms with Crippen LogP contribution in [0.2, 0.25) is 0 Å². The highest BCUT2D eigenvalue weighted by Crippen LogP contribution is 2.35. The van der Waals surface area contributed by atoms with Gasteiger partial charge < -0.3 is 19.8 Å². The molecule has 2 atom stereocenters. The number of primary amides is 1. The van der Waals surface area contributed by atoms with E-state index in [2.05, 4.69) is 14.5 Å². The number of rotatable bonds is 4. The Hall–Kier alpha value is -3.42. The van der Waals surface area contributed by atoms with Gasteiger partial charge in [-0.05, 0) is 12.8 Å². The molecule has 0 radical (unpaired) electrons. The fraction of sp³-hybridized carbons (Fsp3) is 0.333. The van der Waals surface area contributed by atoms with Crippen LogP contribution in [-0.4, -0.2) is 47.9 Å². The first kappa shape index (κ1) is 17.7. The summed E-state index contributed by atoms with van der Waals surface area (Å²) in [5.74, 6) is 0.296. The largest absolute Gasteiger partial charge is 0.364 e. The summed E-state index contributed by atoms with van der Waals surface area (Å²) >= 11 is 0. The van der Waals surface area contributed by atoms with E-state index in [0.29, 0.717) is 18.7 Å². The van der Waals surface area contributed by atoms with Gasteiger partial charge in [0.2, 0.25) is 5.91 Å². The van der Waals surface area contributed by atoms with Gasteiger partial charge in [0.15, 0.2) is 0 Å². The number of nitrogens with zero attached hydrogens (tertiary/aromatic N) is 5. The number of fused-ring (bicyclic) bond motifs is 3. The first-order valence-corrected chi connectivity index (χ1v) is 9.83. The molecule has 2 aromatic heterocycles. The summed E-state index contributed by atoms with van der Waals surface area (Å²) < 4.78 is 3.88. The minimum atomic E-state index is -0.523. The molecule has 2 aliphatic heterocycles. The second-order valence-corrected chi connectivity index (χ2v) is 7.70. The van der Waals surface area contributed by atoms with Gasteiger partial charge in [-0.1, -0.05) is 30.3 Å². The molecular weight excluding hydrogens is 368 g/mol. The molecule has 0 saturated carbocycles. The lowest BCUT2D eigenvalue weighted by molar-refractivity contribution is -0.134. The fourth-order valence-corrected chi connectivity index (χ4v) is 4.69. The summed E-state index contributed by atoms with van der Waals surface area (Å²) in [5.41, 5.74) is 7.75. The van der Waals surface area contributed by atoms with Crippen LogP contribution in [0.1, 0.15) is 29.0 Å². The Bertz CT molecular complexity index is 1060. The van der Waals surface area contributed by atoms with Crippen molar-refractivity contribution in [3.05, 3.63) is 60.4 Å².